The minimum absolute atomic E-state index is 0.0127. The maximum absolute atomic E-state index is 12.7. The van der Waals surface area contributed by atoms with Gasteiger partial charge in [0.05, 0.1) is 29.8 Å². The van der Waals surface area contributed by atoms with Crippen LogP contribution < -0.4 is 9.64 Å². The highest BCUT2D eigenvalue weighted by atomic mass is 35.5. The first-order chi connectivity index (χ1) is 14.3. The van der Waals surface area contributed by atoms with Crippen LogP contribution in [0.25, 0.3) is 6.08 Å². The third kappa shape index (κ3) is 3.81. The Morgan fingerprint density at radius 3 is 2.30 bits per heavy atom. The second-order valence-electron chi connectivity index (χ2n) is 6.15. The van der Waals surface area contributed by atoms with E-state index in [-0.39, 0.29) is 44.1 Å². The fourth-order valence-corrected chi connectivity index (χ4v) is 3.37. The first-order valence-electron chi connectivity index (χ1n) is 8.60. The van der Waals surface area contributed by atoms with Crippen LogP contribution in [0.15, 0.2) is 53.4 Å². The predicted octanol–water partition coefficient (Wildman–Crippen LogP) is 4.17. The van der Waals surface area contributed by atoms with Gasteiger partial charge >= 0.3 is 11.9 Å². The van der Waals surface area contributed by atoms with Crippen LogP contribution in [0.5, 0.6) is 11.5 Å². The maximum atomic E-state index is 12.7. The van der Waals surface area contributed by atoms with E-state index in [1.165, 1.54) is 26.4 Å². The van der Waals surface area contributed by atoms with Gasteiger partial charge in [-0.15, -0.1) is 0 Å². The van der Waals surface area contributed by atoms with Crippen molar-refractivity contribution in [2.24, 2.45) is 0 Å². The van der Waals surface area contributed by atoms with Gasteiger partial charge in [-0.25, -0.2) is 9.59 Å². The average molecular weight is 450 g/mol. The van der Waals surface area contributed by atoms with E-state index in [0.29, 0.717) is 5.69 Å². The molecule has 2 aromatic carbocycles. The van der Waals surface area contributed by atoms with Crippen LogP contribution in [-0.4, -0.2) is 38.3 Å². The predicted molar refractivity (Wildman–Crippen MR) is 113 cm³/mol. The van der Waals surface area contributed by atoms with Crippen molar-refractivity contribution in [3.8, 4) is 11.5 Å². The van der Waals surface area contributed by atoms with E-state index >= 15 is 0 Å². The van der Waals surface area contributed by atoms with Gasteiger partial charge in [0.2, 0.25) is 5.88 Å². The van der Waals surface area contributed by atoms with Crippen molar-refractivity contribution in [1.29, 1.82) is 0 Å². The molecule has 30 heavy (non-hydrogen) atoms. The monoisotopic (exact) mass is 449 g/mol. The molecule has 0 bridgehead atoms. The Bertz CT molecular complexity index is 1080. The molecule has 0 saturated carbocycles. The molecule has 0 unspecified atom stereocenters. The molecule has 1 heterocycles. The number of hydrogen-bond acceptors (Lipinski definition) is 7. The van der Waals surface area contributed by atoms with E-state index in [9.17, 15) is 14.7 Å². The van der Waals surface area contributed by atoms with Gasteiger partial charge in [-0.3, -0.25) is 0 Å². The number of nitrogens with zero attached hydrogens (tertiary/aromatic N) is 1. The maximum Gasteiger partial charge on any atom is 0.344 e. The van der Waals surface area contributed by atoms with Crippen molar-refractivity contribution in [3.63, 3.8) is 0 Å². The number of methoxy groups -OCH3 is 2. The molecular formula is C21H17Cl2NO6. The number of hydrogen-bond donors (Lipinski definition) is 1. The molecule has 0 radical (unpaired) electrons. The molecule has 9 heteroatoms. The Balaban J connectivity index is 2.35. The summed E-state index contributed by atoms with van der Waals surface area (Å²) in [6, 6.07) is 10.3. The Labute approximate surface area is 182 Å². The summed E-state index contributed by atoms with van der Waals surface area (Å²) in [6.45, 7) is 0. The van der Waals surface area contributed by atoms with E-state index in [0.717, 1.165) is 0 Å². The first-order valence-corrected chi connectivity index (χ1v) is 9.36. The van der Waals surface area contributed by atoms with Gasteiger partial charge in [0.15, 0.2) is 5.75 Å². The number of halogens is 2. The number of aromatic hydroxyl groups is 1. The molecule has 2 aromatic rings. The standard InChI is InChI=1S/C21H17Cl2NO6/c1-24(11-7-5-4-6-8-11)19-16(21(27)29-3)13(20(26)28-2)9-12-15(30-19)10-14(22)18(25)17(12)23/h4-10,25H,1-3H3. The summed E-state index contributed by atoms with van der Waals surface area (Å²) >= 11 is 12.3. The van der Waals surface area contributed by atoms with Gasteiger partial charge in [0.25, 0.3) is 0 Å². The highest BCUT2D eigenvalue weighted by molar-refractivity contribution is 6.38. The lowest BCUT2D eigenvalue weighted by molar-refractivity contribution is -0.139. The molecule has 3 rings (SSSR count). The van der Waals surface area contributed by atoms with Crippen LogP contribution in [0.2, 0.25) is 10.0 Å². The smallest absolute Gasteiger partial charge is 0.344 e. The first kappa shape index (κ1) is 21.5. The summed E-state index contributed by atoms with van der Waals surface area (Å²) in [5.41, 5.74) is 0.470. The molecule has 1 aliphatic rings. The highest BCUT2D eigenvalue weighted by Gasteiger charge is 2.34. The fraction of sp³-hybridized carbons (Fsp3) is 0.143. The summed E-state index contributed by atoms with van der Waals surface area (Å²) in [5.74, 6) is -1.93. The number of esters is 2. The number of para-hydroxylation sites is 1. The second kappa shape index (κ2) is 8.69. The molecule has 1 N–H and O–H groups in total. The van der Waals surface area contributed by atoms with Gasteiger partial charge in [-0.05, 0) is 18.2 Å². The Hall–Kier alpha value is -3.16. The molecule has 0 amide bonds. The normalized spacial score (nSPS) is 12.9. The van der Waals surface area contributed by atoms with Gasteiger partial charge in [0, 0.05) is 24.4 Å². The van der Waals surface area contributed by atoms with Crippen LogP contribution in [0.1, 0.15) is 5.56 Å². The topological polar surface area (TPSA) is 85.3 Å². The summed E-state index contributed by atoms with van der Waals surface area (Å²) in [5, 5.41) is 9.92. The fourth-order valence-electron chi connectivity index (χ4n) is 2.88. The average Bonchev–Trinajstić information content (AvgIpc) is 2.94. The largest absolute Gasteiger partial charge is 0.505 e. The molecule has 1 aliphatic heterocycles. The molecule has 156 valence electrons. The van der Waals surface area contributed by atoms with Gasteiger partial charge in [-0.2, -0.15) is 0 Å². The minimum Gasteiger partial charge on any atom is -0.505 e. The molecule has 0 atom stereocenters. The molecule has 0 aliphatic carbocycles. The SMILES string of the molecule is COC(=O)C1=Cc2c(cc(Cl)c(O)c2Cl)OC(N(C)c2ccccc2)=C1C(=O)OC. The van der Waals surface area contributed by atoms with E-state index < -0.39 is 11.9 Å². The Kier molecular flexibility index (Phi) is 6.24. The van der Waals surface area contributed by atoms with Crippen molar-refractivity contribution < 1.29 is 28.9 Å². The summed E-state index contributed by atoms with van der Waals surface area (Å²) in [4.78, 5) is 26.9. The quantitative estimate of drug-likeness (QED) is 0.700. The number of rotatable bonds is 4. The van der Waals surface area contributed by atoms with Gasteiger partial charge in [-0.1, -0.05) is 41.4 Å². The van der Waals surface area contributed by atoms with Crippen LogP contribution in [0.3, 0.4) is 0 Å². The van der Waals surface area contributed by atoms with E-state index in [1.54, 1.807) is 36.2 Å². The van der Waals surface area contributed by atoms with Crippen LogP contribution >= 0.6 is 23.2 Å². The third-order valence-electron chi connectivity index (χ3n) is 4.42. The van der Waals surface area contributed by atoms with Crippen LogP contribution in [0, 0.1) is 0 Å². The highest BCUT2D eigenvalue weighted by Crippen LogP contribution is 2.44. The zero-order chi connectivity index (χ0) is 22.0. The van der Waals surface area contributed by atoms with Crippen molar-refractivity contribution >= 4 is 46.9 Å². The zero-order valence-corrected chi connectivity index (χ0v) is 17.7. The number of ether oxygens (including phenoxy) is 3. The summed E-state index contributed by atoms with van der Waals surface area (Å²) < 4.78 is 15.8. The molecular weight excluding hydrogens is 433 g/mol. The molecule has 0 fully saturated rings. The summed E-state index contributed by atoms with van der Waals surface area (Å²) in [7, 11) is 4.00. The number of carbonyl (C=O) groups is 2. The lowest BCUT2D eigenvalue weighted by Gasteiger charge is -2.25. The number of fused-ring (bicyclic) bond motifs is 1. The number of anilines is 1. The molecule has 0 saturated heterocycles. The van der Waals surface area contributed by atoms with E-state index in [4.69, 9.17) is 37.4 Å². The van der Waals surface area contributed by atoms with Gasteiger partial charge < -0.3 is 24.2 Å². The van der Waals surface area contributed by atoms with E-state index in [1.807, 2.05) is 6.07 Å². The van der Waals surface area contributed by atoms with Crippen molar-refractivity contribution in [2.75, 3.05) is 26.2 Å². The number of carbonyl (C=O) groups excluding carboxylic acids is 2. The van der Waals surface area contributed by atoms with Gasteiger partial charge in [0.1, 0.15) is 11.3 Å². The minimum atomic E-state index is -0.830. The second-order valence-corrected chi connectivity index (χ2v) is 6.94. The zero-order valence-electron chi connectivity index (χ0n) is 16.2. The molecule has 0 aromatic heterocycles. The van der Waals surface area contributed by atoms with E-state index in [2.05, 4.69) is 0 Å². The van der Waals surface area contributed by atoms with Crippen LogP contribution in [0.4, 0.5) is 5.69 Å². The number of phenols is 1. The number of benzene rings is 2. The molecule has 0 spiro atoms. The number of phenolic OH excluding ortho intramolecular Hbond substituents is 1. The molecule has 7 nitrogen and oxygen atoms in total. The lowest BCUT2D eigenvalue weighted by Crippen LogP contribution is -2.27. The van der Waals surface area contributed by atoms with Crippen molar-refractivity contribution in [1.82, 2.24) is 0 Å². The van der Waals surface area contributed by atoms with Crippen molar-refractivity contribution in [2.45, 2.75) is 0 Å². The Morgan fingerprint density at radius 2 is 1.70 bits per heavy atom. The lowest BCUT2D eigenvalue weighted by atomic mass is 10.0. The van der Waals surface area contributed by atoms with Crippen LogP contribution in [-0.2, 0) is 19.1 Å². The van der Waals surface area contributed by atoms with Crippen molar-refractivity contribution in [3.05, 3.63) is 69.0 Å². The summed E-state index contributed by atoms with van der Waals surface area (Å²) in [6.07, 6.45) is 1.29. The Morgan fingerprint density at radius 1 is 1.07 bits per heavy atom. The third-order valence-corrected chi connectivity index (χ3v) is 5.09.